The Morgan fingerprint density at radius 1 is 0.565 bits per heavy atom. The van der Waals surface area contributed by atoms with Crippen molar-refractivity contribution in [3.05, 3.63) is 11.6 Å². The first-order chi connectivity index (χ1) is 39.8. The Balaban J connectivity index is 0.833. The molecule has 0 bridgehead atoms. The van der Waals surface area contributed by atoms with Crippen LogP contribution in [0.15, 0.2) is 11.6 Å². The fraction of sp³-hybridized carbons (Fsp3) is 0.949. The van der Waals surface area contributed by atoms with Gasteiger partial charge in [-0.15, -0.1) is 0 Å². The predicted molar refractivity (Wildman–Crippen MR) is 288 cm³/mol. The maximum atomic E-state index is 15.2. The molecule has 0 aromatic carbocycles. The quantitative estimate of drug-likeness (QED) is 0.0513. The second-order valence-corrected chi connectivity index (χ2v) is 28.5. The normalized spacial score (nSPS) is 55.3. The molecule has 15 N–H and O–H groups in total. The van der Waals surface area contributed by atoms with E-state index in [4.69, 9.17) is 47.4 Å². The van der Waals surface area contributed by atoms with Crippen molar-refractivity contribution < 1.29 is 129 Å². The molecule has 5 aliphatic heterocycles. The Hall–Kier alpha value is -1.75. The van der Waals surface area contributed by atoms with Gasteiger partial charge in [-0.25, -0.2) is 0 Å². The highest BCUT2D eigenvalue weighted by Gasteiger charge is 2.71. The zero-order chi connectivity index (χ0) is 62.0. The number of esters is 1. The summed E-state index contributed by atoms with van der Waals surface area (Å²) in [6.07, 6.45) is -29.6. The van der Waals surface area contributed by atoms with E-state index in [-0.39, 0.29) is 47.2 Å². The van der Waals surface area contributed by atoms with E-state index in [0.29, 0.717) is 51.4 Å². The van der Waals surface area contributed by atoms with E-state index in [0.717, 1.165) is 12.8 Å². The van der Waals surface area contributed by atoms with Crippen LogP contribution in [0.3, 0.4) is 0 Å². The van der Waals surface area contributed by atoms with Gasteiger partial charge in [0.2, 0.25) is 6.29 Å². The summed E-state index contributed by atoms with van der Waals surface area (Å²) in [6.45, 7) is 14.3. The van der Waals surface area contributed by atoms with Crippen LogP contribution in [0.1, 0.15) is 120 Å². The number of allylic oxidation sites excluding steroid dienone is 2. The van der Waals surface area contributed by atoms with E-state index in [1.54, 1.807) is 0 Å². The van der Waals surface area contributed by atoms with Crippen molar-refractivity contribution in [3.8, 4) is 0 Å². The van der Waals surface area contributed by atoms with Gasteiger partial charge in [0, 0.05) is 5.41 Å². The number of carbonyl (C=O) groups is 1. The van der Waals surface area contributed by atoms with Gasteiger partial charge < -0.3 is 124 Å². The van der Waals surface area contributed by atoms with Crippen LogP contribution < -0.4 is 0 Å². The molecule has 0 aromatic rings. The first kappa shape index (κ1) is 66.2. The molecular weight excluding hydrogens is 1120 g/mol. The third-order valence-electron chi connectivity index (χ3n) is 23.2. The average molecular weight is 1220 g/mol. The largest absolute Gasteiger partial charge is 0.432 e. The highest BCUT2D eigenvalue weighted by molar-refractivity contribution is 5.79. The molecule has 0 aromatic heterocycles. The van der Waals surface area contributed by atoms with Crippen LogP contribution in [-0.2, 0) is 52.2 Å². The van der Waals surface area contributed by atoms with Crippen LogP contribution in [0.25, 0.3) is 0 Å². The van der Waals surface area contributed by atoms with E-state index in [1.807, 2.05) is 6.92 Å². The van der Waals surface area contributed by atoms with Crippen LogP contribution in [0.2, 0.25) is 0 Å². The molecular formula is C59H96O26. The molecule has 0 unspecified atom stereocenters. The lowest BCUT2D eigenvalue weighted by atomic mass is 9.33. The van der Waals surface area contributed by atoms with Crippen LogP contribution in [0, 0.1) is 50.2 Å². The SMILES string of the molecule is C[C@@H]1O[C@@H](O[C@H]2[C@H](O[C@H]3CC[C@@]4(C)[C@@H](CC[C@]5(C)[C@@H]4CC=C4[C@@H]6CC(C)(C)CC[C@]6(C(=O)O[C@@H]6O[C@H](CO[C@@H]7O[C@H](CO)[C@@H](O[C@@H]8O[C@@H](C)[C@H](O)[C@@H](O)[C@H]8O)[C@H](O)[C@H]7O)[C@@H](O)[C@H](O)[C@H]6O)CC[C@]45C)[C@@]3(C)CO)OC[C@H](O)[C@@H]2O)[C@H](O)[C@H](O)[C@H]1O. The number of hydrogen-bond acceptors (Lipinski definition) is 26. The summed E-state index contributed by atoms with van der Waals surface area (Å²) in [7, 11) is 0. The first-order valence-electron chi connectivity index (χ1n) is 30.6. The molecule has 33 atom stereocenters. The zero-order valence-corrected chi connectivity index (χ0v) is 49.8. The van der Waals surface area contributed by atoms with Gasteiger partial charge in [-0.3, -0.25) is 4.79 Å². The lowest BCUT2D eigenvalue weighted by Gasteiger charge is -2.71. The number of rotatable bonds is 13. The number of fused-ring (bicyclic) bond motifs is 7. The highest BCUT2D eigenvalue weighted by Crippen LogP contribution is 2.76. The molecule has 9 fully saturated rings. The van der Waals surface area contributed by atoms with Crippen molar-refractivity contribution in [2.75, 3.05) is 26.4 Å². The molecule has 10 rings (SSSR count). The Kier molecular flexibility index (Phi) is 19.0. The molecule has 85 heavy (non-hydrogen) atoms. The van der Waals surface area contributed by atoms with Crippen molar-refractivity contribution in [2.24, 2.45) is 50.2 Å². The fourth-order valence-corrected chi connectivity index (χ4v) is 17.5. The van der Waals surface area contributed by atoms with Crippen molar-refractivity contribution in [3.63, 3.8) is 0 Å². The van der Waals surface area contributed by atoms with Crippen LogP contribution in [-0.4, -0.2) is 263 Å². The van der Waals surface area contributed by atoms with Gasteiger partial charge in [-0.05, 0) is 117 Å². The predicted octanol–water partition coefficient (Wildman–Crippen LogP) is -2.54. The first-order valence-corrected chi connectivity index (χ1v) is 30.6. The molecule has 488 valence electrons. The number of ether oxygens (including phenoxy) is 10. The van der Waals surface area contributed by atoms with Crippen molar-refractivity contribution in [1.82, 2.24) is 0 Å². The lowest BCUT2D eigenvalue weighted by molar-refractivity contribution is -0.365. The standard InChI is InChI=1S/C59H96O26/c1-24-34(63)38(67)42(71)49(78-24)83-46-29(20-60)80-48(45(74)41(46)70)77-22-30-37(66)40(69)44(73)51(81-30)85-53(75)59-17-15-54(3,4)19-27(59)26-9-10-32-55(5)13-12-33(56(6,23-61)31(55)11-14-58(32,8)57(26,7)16-18-59)82-52-47(36(65)28(62)21-76-52)84-50-43(72)39(68)35(64)25(2)79-50/h9,24-25,27-52,60-74H,10-23H2,1-8H3/t24-,25-,27-,28-,29+,30+,31+,32+,33-,34-,35-,36-,37+,38+,39+,40-,41+,42+,43+,44+,45+,46+,47+,48+,49-,50-,51-,52-,55-,56+,57+,58+,59-/m0/s1. The van der Waals surface area contributed by atoms with Gasteiger partial charge in [0.05, 0.1) is 50.2 Å². The van der Waals surface area contributed by atoms with Gasteiger partial charge in [0.15, 0.2) is 25.2 Å². The van der Waals surface area contributed by atoms with E-state index in [9.17, 15) is 76.6 Å². The molecule has 4 saturated carbocycles. The summed E-state index contributed by atoms with van der Waals surface area (Å²) in [6, 6.07) is 0. The minimum atomic E-state index is -1.90. The highest BCUT2D eigenvalue weighted by atomic mass is 16.8. The second-order valence-electron chi connectivity index (χ2n) is 28.5. The maximum Gasteiger partial charge on any atom is 0.315 e. The minimum absolute atomic E-state index is 0.0670. The number of aliphatic hydroxyl groups is 15. The molecule has 26 nitrogen and oxygen atoms in total. The molecule has 0 radical (unpaired) electrons. The van der Waals surface area contributed by atoms with Gasteiger partial charge >= 0.3 is 5.97 Å². The number of carbonyl (C=O) groups excluding carboxylic acids is 1. The Bertz CT molecular complexity index is 2370. The van der Waals surface area contributed by atoms with Gasteiger partial charge in [-0.2, -0.15) is 0 Å². The number of aliphatic hydroxyl groups excluding tert-OH is 15. The molecule has 5 heterocycles. The van der Waals surface area contributed by atoms with E-state index < -0.39 is 189 Å². The molecule has 26 heteroatoms. The summed E-state index contributed by atoms with van der Waals surface area (Å²) in [4.78, 5) is 15.2. The van der Waals surface area contributed by atoms with Crippen LogP contribution in [0.4, 0.5) is 0 Å². The van der Waals surface area contributed by atoms with Gasteiger partial charge in [-0.1, -0.05) is 53.2 Å². The molecule has 5 saturated heterocycles. The zero-order valence-electron chi connectivity index (χ0n) is 49.8. The second kappa shape index (κ2) is 24.4. The van der Waals surface area contributed by atoms with Gasteiger partial charge in [0.1, 0.15) is 104 Å². The molecule has 0 amide bonds. The monoisotopic (exact) mass is 1220 g/mol. The average Bonchev–Trinajstić information content (AvgIpc) is 0.692. The van der Waals surface area contributed by atoms with Gasteiger partial charge in [0.25, 0.3) is 0 Å². The summed E-state index contributed by atoms with van der Waals surface area (Å²) in [5, 5.41) is 163. The summed E-state index contributed by atoms with van der Waals surface area (Å²) in [5.74, 6) is -0.861. The molecule has 0 spiro atoms. The van der Waals surface area contributed by atoms with Crippen molar-refractivity contribution >= 4 is 5.97 Å². The van der Waals surface area contributed by atoms with Crippen molar-refractivity contribution in [1.29, 1.82) is 0 Å². The van der Waals surface area contributed by atoms with E-state index in [2.05, 4.69) is 40.7 Å². The summed E-state index contributed by atoms with van der Waals surface area (Å²) < 4.78 is 59.4. The molecule has 5 aliphatic carbocycles. The van der Waals surface area contributed by atoms with Crippen LogP contribution >= 0.6 is 0 Å². The third-order valence-corrected chi connectivity index (χ3v) is 23.2. The third kappa shape index (κ3) is 11.1. The molecule has 10 aliphatic rings. The van der Waals surface area contributed by atoms with E-state index >= 15 is 4.79 Å². The Morgan fingerprint density at radius 3 is 1.76 bits per heavy atom. The Labute approximate surface area is 494 Å². The topological polar surface area (TPSA) is 413 Å². The van der Waals surface area contributed by atoms with Crippen molar-refractivity contribution in [2.45, 2.75) is 273 Å². The summed E-state index contributed by atoms with van der Waals surface area (Å²) >= 11 is 0. The summed E-state index contributed by atoms with van der Waals surface area (Å²) in [5.41, 5.74) is -1.93. The smallest absolute Gasteiger partial charge is 0.315 e. The fourth-order valence-electron chi connectivity index (χ4n) is 17.5. The van der Waals surface area contributed by atoms with Crippen LogP contribution in [0.5, 0.6) is 0 Å². The number of hydrogen-bond donors (Lipinski definition) is 15. The minimum Gasteiger partial charge on any atom is -0.432 e. The lowest BCUT2D eigenvalue weighted by Crippen LogP contribution is -2.67. The Morgan fingerprint density at radius 2 is 1.14 bits per heavy atom. The van der Waals surface area contributed by atoms with E-state index in [1.165, 1.54) is 19.4 Å². The maximum absolute atomic E-state index is 15.2.